The van der Waals surface area contributed by atoms with Gasteiger partial charge in [-0.2, -0.15) is 0 Å². The molecule has 0 aliphatic rings. The Hall–Kier alpha value is -1.65. The number of amides is 1. The molecule has 0 unspecified atom stereocenters. The van der Waals surface area contributed by atoms with Crippen molar-refractivity contribution in [3.63, 3.8) is 0 Å². The fourth-order valence-electron chi connectivity index (χ4n) is 1.34. The lowest BCUT2D eigenvalue weighted by atomic mass is 10.0. The Bertz CT molecular complexity index is 336. The van der Waals surface area contributed by atoms with E-state index in [1.165, 1.54) is 12.1 Å². The Balaban J connectivity index is 2.45. The van der Waals surface area contributed by atoms with Crippen LogP contribution in [-0.4, -0.2) is 10.9 Å². The first-order chi connectivity index (χ1) is 7.67. The number of aromatic nitrogens is 1. The predicted molar refractivity (Wildman–Crippen MR) is 60.0 cm³/mol. The molecule has 0 aliphatic heterocycles. The van der Waals surface area contributed by atoms with Crippen LogP contribution in [0, 0.1) is 11.7 Å². The quantitative estimate of drug-likeness (QED) is 0.754. The molecule has 0 spiro atoms. The van der Waals surface area contributed by atoms with Crippen LogP contribution in [0.25, 0.3) is 0 Å². The van der Waals surface area contributed by atoms with Crippen LogP contribution in [0.1, 0.15) is 26.7 Å². The van der Waals surface area contributed by atoms with Crippen molar-refractivity contribution in [1.29, 1.82) is 0 Å². The maximum Gasteiger partial charge on any atom is 0.241 e. The highest BCUT2D eigenvalue weighted by Gasteiger charge is 2.13. The average Bonchev–Trinajstić information content (AvgIpc) is 2.30. The Morgan fingerprint density at radius 2 is 2.12 bits per heavy atom. The lowest BCUT2D eigenvalue weighted by Gasteiger charge is -2.13. The number of rotatable bonds is 5. The first kappa shape index (κ1) is 12.4. The summed E-state index contributed by atoms with van der Waals surface area (Å²) in [6.45, 7) is 3.92. The number of hydrogen-bond donors (Lipinski definition) is 2. The molecule has 0 fully saturated rings. The smallest absolute Gasteiger partial charge is 0.241 e. The molecule has 0 aliphatic carbocycles. The first-order valence-electron chi connectivity index (χ1n) is 5.34. The molecule has 1 amide bonds. The molecule has 0 atom stereocenters. The molecule has 1 rings (SSSR count). The molecular formula is C11H16FN3O. The van der Waals surface area contributed by atoms with Crippen LogP contribution in [0.3, 0.4) is 0 Å². The van der Waals surface area contributed by atoms with Gasteiger partial charge in [0.2, 0.25) is 5.91 Å². The number of hydrazine groups is 1. The minimum Gasteiger partial charge on any atom is -0.282 e. The molecule has 2 N–H and O–H groups in total. The molecule has 16 heavy (non-hydrogen) atoms. The molecule has 1 heterocycles. The second-order valence-corrected chi connectivity index (χ2v) is 3.49. The standard InChI is InChI=1S/C11H16FN3O/c1-3-8(4-2)11(16)15-14-10-6-5-9(12)7-13-10/h5-8H,3-4H2,1-2H3,(H,13,14)(H,15,16). The molecule has 88 valence electrons. The van der Waals surface area contributed by atoms with Crippen LogP contribution in [0.4, 0.5) is 10.2 Å². The van der Waals surface area contributed by atoms with Crippen molar-refractivity contribution in [3.8, 4) is 0 Å². The number of anilines is 1. The summed E-state index contributed by atoms with van der Waals surface area (Å²) in [6, 6.07) is 2.74. The van der Waals surface area contributed by atoms with Crippen molar-refractivity contribution in [2.45, 2.75) is 26.7 Å². The van der Waals surface area contributed by atoms with Gasteiger partial charge in [-0.3, -0.25) is 15.6 Å². The zero-order chi connectivity index (χ0) is 12.0. The van der Waals surface area contributed by atoms with Crippen LogP contribution in [0.5, 0.6) is 0 Å². The van der Waals surface area contributed by atoms with Gasteiger partial charge in [-0.15, -0.1) is 0 Å². The maximum absolute atomic E-state index is 12.5. The number of pyridine rings is 1. The number of carbonyl (C=O) groups is 1. The van der Waals surface area contributed by atoms with Crippen molar-refractivity contribution in [2.75, 3.05) is 5.43 Å². The zero-order valence-corrected chi connectivity index (χ0v) is 9.46. The van der Waals surface area contributed by atoms with Crippen molar-refractivity contribution in [2.24, 2.45) is 5.92 Å². The minimum atomic E-state index is -0.406. The Morgan fingerprint density at radius 3 is 2.62 bits per heavy atom. The molecule has 0 bridgehead atoms. The van der Waals surface area contributed by atoms with E-state index in [0.717, 1.165) is 19.0 Å². The van der Waals surface area contributed by atoms with Gasteiger partial charge in [0.15, 0.2) is 0 Å². The van der Waals surface area contributed by atoms with Gasteiger partial charge in [-0.25, -0.2) is 9.37 Å². The van der Waals surface area contributed by atoms with Gasteiger partial charge in [-0.1, -0.05) is 13.8 Å². The van der Waals surface area contributed by atoms with E-state index >= 15 is 0 Å². The fourth-order valence-corrected chi connectivity index (χ4v) is 1.34. The van der Waals surface area contributed by atoms with E-state index in [4.69, 9.17) is 0 Å². The second-order valence-electron chi connectivity index (χ2n) is 3.49. The van der Waals surface area contributed by atoms with Gasteiger partial charge in [0.1, 0.15) is 11.6 Å². The Labute approximate surface area is 94.2 Å². The highest BCUT2D eigenvalue weighted by Crippen LogP contribution is 2.07. The largest absolute Gasteiger partial charge is 0.282 e. The topological polar surface area (TPSA) is 54.0 Å². The number of halogens is 1. The molecular weight excluding hydrogens is 209 g/mol. The van der Waals surface area contributed by atoms with Crippen molar-refractivity contribution in [1.82, 2.24) is 10.4 Å². The first-order valence-corrected chi connectivity index (χ1v) is 5.34. The zero-order valence-electron chi connectivity index (χ0n) is 9.46. The third kappa shape index (κ3) is 3.49. The van der Waals surface area contributed by atoms with Gasteiger partial charge >= 0.3 is 0 Å². The number of nitrogens with one attached hydrogen (secondary N) is 2. The van der Waals surface area contributed by atoms with Crippen LogP contribution in [0.2, 0.25) is 0 Å². The van der Waals surface area contributed by atoms with Gasteiger partial charge in [0, 0.05) is 5.92 Å². The molecule has 4 nitrogen and oxygen atoms in total. The minimum absolute atomic E-state index is 0.00653. The molecule has 0 saturated heterocycles. The van der Waals surface area contributed by atoms with Crippen molar-refractivity contribution >= 4 is 11.7 Å². The third-order valence-electron chi connectivity index (χ3n) is 2.40. The summed E-state index contributed by atoms with van der Waals surface area (Å²) in [5.74, 6) is -0.0679. The molecule has 0 radical (unpaired) electrons. The fraction of sp³-hybridized carbons (Fsp3) is 0.455. The summed E-state index contributed by atoms with van der Waals surface area (Å²) in [5.41, 5.74) is 5.19. The monoisotopic (exact) mass is 225 g/mol. The number of hydrogen-bond acceptors (Lipinski definition) is 3. The average molecular weight is 225 g/mol. The number of carbonyl (C=O) groups excluding carboxylic acids is 1. The van der Waals surface area contributed by atoms with Crippen molar-refractivity contribution < 1.29 is 9.18 Å². The highest BCUT2D eigenvalue weighted by atomic mass is 19.1. The van der Waals surface area contributed by atoms with Crippen molar-refractivity contribution in [3.05, 3.63) is 24.1 Å². The maximum atomic E-state index is 12.5. The van der Waals surface area contributed by atoms with Gasteiger partial charge in [0.25, 0.3) is 0 Å². The van der Waals surface area contributed by atoms with Crippen LogP contribution in [0.15, 0.2) is 18.3 Å². The normalized spacial score (nSPS) is 10.2. The van der Waals surface area contributed by atoms with E-state index in [-0.39, 0.29) is 11.8 Å². The summed E-state index contributed by atoms with van der Waals surface area (Å²) in [4.78, 5) is 15.3. The summed E-state index contributed by atoms with van der Waals surface area (Å²) < 4.78 is 12.5. The van der Waals surface area contributed by atoms with Gasteiger partial charge in [-0.05, 0) is 25.0 Å². The van der Waals surface area contributed by atoms with Crippen LogP contribution < -0.4 is 10.9 Å². The highest BCUT2D eigenvalue weighted by molar-refractivity contribution is 5.79. The summed E-state index contributed by atoms with van der Waals surface area (Å²) in [5, 5.41) is 0. The second kappa shape index (κ2) is 6.05. The SMILES string of the molecule is CCC(CC)C(=O)NNc1ccc(F)cn1. The van der Waals surface area contributed by atoms with Gasteiger partial charge < -0.3 is 0 Å². The molecule has 5 heteroatoms. The van der Waals surface area contributed by atoms with Crippen LogP contribution in [-0.2, 0) is 4.79 Å². The summed E-state index contributed by atoms with van der Waals surface area (Å²) in [7, 11) is 0. The van der Waals surface area contributed by atoms with E-state index in [2.05, 4.69) is 15.8 Å². The third-order valence-corrected chi connectivity index (χ3v) is 2.40. The van der Waals surface area contributed by atoms with E-state index in [1.807, 2.05) is 13.8 Å². The Morgan fingerprint density at radius 1 is 1.44 bits per heavy atom. The van der Waals surface area contributed by atoms with E-state index in [9.17, 15) is 9.18 Å². The van der Waals surface area contributed by atoms with E-state index < -0.39 is 5.82 Å². The van der Waals surface area contributed by atoms with Crippen LogP contribution >= 0.6 is 0 Å². The molecule has 0 saturated carbocycles. The molecule has 1 aromatic rings. The predicted octanol–water partition coefficient (Wildman–Crippen LogP) is 2.10. The lowest BCUT2D eigenvalue weighted by molar-refractivity contribution is -0.124. The van der Waals surface area contributed by atoms with E-state index in [0.29, 0.717) is 5.82 Å². The lowest BCUT2D eigenvalue weighted by Crippen LogP contribution is -2.34. The molecule has 1 aromatic heterocycles. The number of nitrogens with zero attached hydrogens (tertiary/aromatic N) is 1. The summed E-state index contributed by atoms with van der Waals surface area (Å²) in [6.07, 6.45) is 2.67. The summed E-state index contributed by atoms with van der Waals surface area (Å²) >= 11 is 0. The Kier molecular flexibility index (Phi) is 4.69. The molecule has 0 aromatic carbocycles. The van der Waals surface area contributed by atoms with Gasteiger partial charge in [0.05, 0.1) is 6.20 Å². The van der Waals surface area contributed by atoms with E-state index in [1.54, 1.807) is 0 Å².